The molecule has 0 saturated carbocycles. The van der Waals surface area contributed by atoms with Gasteiger partial charge in [0.1, 0.15) is 16.5 Å². The van der Waals surface area contributed by atoms with Crippen LogP contribution in [0.15, 0.2) is 63.1 Å². The molecule has 3 rings (SSSR count). The topological polar surface area (TPSA) is 85.5 Å². The van der Waals surface area contributed by atoms with E-state index in [-0.39, 0.29) is 21.8 Å². The average molecular weight is 372 g/mol. The molecule has 132 valence electrons. The van der Waals surface area contributed by atoms with Crippen LogP contribution < -0.4 is 4.74 Å². The van der Waals surface area contributed by atoms with Gasteiger partial charge >= 0.3 is 5.97 Å². The highest BCUT2D eigenvalue weighted by Crippen LogP contribution is 2.31. The largest absolute Gasteiger partial charge is 0.496 e. The van der Waals surface area contributed by atoms with E-state index in [1.165, 1.54) is 37.5 Å². The van der Waals surface area contributed by atoms with Crippen molar-refractivity contribution in [1.29, 1.82) is 0 Å². The van der Waals surface area contributed by atoms with Crippen LogP contribution in [0.2, 0.25) is 0 Å². The van der Waals surface area contributed by atoms with Crippen LogP contribution in [0.3, 0.4) is 0 Å². The third kappa shape index (κ3) is 4.09. The highest BCUT2D eigenvalue weighted by atomic mass is 32.2. The standard InChI is InChI=1S/C18H13FN2O4S/c1-24-14-5-3-2-4-12(14)10-15(17(22)23)26-18-21-20-16(25-18)11-6-8-13(19)9-7-11/h2-10H,1H3,(H,22,23)/b15-10+. The lowest BCUT2D eigenvalue weighted by molar-refractivity contribution is -0.131. The number of carboxylic acid groups (broad SMARTS) is 1. The molecule has 8 heteroatoms. The van der Waals surface area contributed by atoms with E-state index in [0.29, 0.717) is 16.9 Å². The number of halogens is 1. The van der Waals surface area contributed by atoms with Gasteiger partial charge in [-0.3, -0.25) is 0 Å². The molecule has 0 aliphatic carbocycles. The van der Waals surface area contributed by atoms with E-state index >= 15 is 0 Å². The number of hydrogen-bond acceptors (Lipinski definition) is 6. The number of methoxy groups -OCH3 is 1. The average Bonchev–Trinajstić information content (AvgIpc) is 3.10. The first-order valence-electron chi connectivity index (χ1n) is 7.42. The van der Waals surface area contributed by atoms with Crippen LogP contribution in [-0.4, -0.2) is 28.4 Å². The Kier molecular flexibility index (Phi) is 5.33. The molecule has 1 aromatic heterocycles. The lowest BCUT2D eigenvalue weighted by Crippen LogP contribution is -1.97. The zero-order chi connectivity index (χ0) is 18.5. The first kappa shape index (κ1) is 17.7. The van der Waals surface area contributed by atoms with Crippen molar-refractivity contribution in [3.63, 3.8) is 0 Å². The minimum absolute atomic E-state index is 0.0104. The van der Waals surface area contributed by atoms with Gasteiger partial charge in [-0.15, -0.1) is 10.2 Å². The number of hydrogen-bond donors (Lipinski definition) is 1. The van der Waals surface area contributed by atoms with E-state index in [2.05, 4.69) is 10.2 Å². The van der Waals surface area contributed by atoms with Gasteiger partial charge in [-0.25, -0.2) is 9.18 Å². The molecule has 0 saturated heterocycles. The Hall–Kier alpha value is -3.13. The quantitative estimate of drug-likeness (QED) is 0.515. The van der Waals surface area contributed by atoms with E-state index in [0.717, 1.165) is 11.8 Å². The summed E-state index contributed by atoms with van der Waals surface area (Å²) in [5, 5.41) is 17.2. The highest BCUT2D eigenvalue weighted by Gasteiger charge is 2.16. The summed E-state index contributed by atoms with van der Waals surface area (Å²) in [5.41, 5.74) is 1.15. The number of carboxylic acids is 1. The number of rotatable bonds is 6. The van der Waals surface area contributed by atoms with Crippen molar-refractivity contribution in [2.45, 2.75) is 5.22 Å². The second-order valence-corrected chi connectivity index (χ2v) is 6.03. The number of nitrogens with zero attached hydrogens (tertiary/aromatic N) is 2. The molecule has 3 aromatic rings. The smallest absolute Gasteiger partial charge is 0.342 e. The number of aromatic nitrogens is 2. The fourth-order valence-electron chi connectivity index (χ4n) is 2.12. The molecule has 2 aromatic carbocycles. The molecule has 1 N–H and O–H groups in total. The second kappa shape index (κ2) is 7.83. The Balaban J connectivity index is 1.86. The lowest BCUT2D eigenvalue weighted by atomic mass is 10.2. The van der Waals surface area contributed by atoms with Gasteiger partial charge in [-0.2, -0.15) is 0 Å². The minimum atomic E-state index is -1.14. The first-order chi connectivity index (χ1) is 12.6. The van der Waals surface area contributed by atoms with Gasteiger partial charge in [-0.1, -0.05) is 18.2 Å². The molecular formula is C18H13FN2O4S. The van der Waals surface area contributed by atoms with E-state index in [4.69, 9.17) is 9.15 Å². The maximum absolute atomic E-state index is 13.0. The van der Waals surface area contributed by atoms with Crippen LogP contribution >= 0.6 is 11.8 Å². The summed E-state index contributed by atoms with van der Waals surface area (Å²) < 4.78 is 23.7. The maximum Gasteiger partial charge on any atom is 0.342 e. The monoisotopic (exact) mass is 372 g/mol. The summed E-state index contributed by atoms with van der Waals surface area (Å²) in [6.07, 6.45) is 1.47. The summed E-state index contributed by atoms with van der Waals surface area (Å²) in [4.78, 5) is 11.6. The summed E-state index contributed by atoms with van der Waals surface area (Å²) in [7, 11) is 1.51. The predicted octanol–water partition coefficient (Wildman–Crippen LogP) is 4.10. The van der Waals surface area contributed by atoms with Crippen LogP contribution in [0.5, 0.6) is 5.75 Å². The van der Waals surface area contributed by atoms with Crippen molar-refractivity contribution in [3.05, 3.63) is 64.8 Å². The van der Waals surface area contributed by atoms with Gasteiger partial charge < -0.3 is 14.3 Å². The summed E-state index contributed by atoms with van der Waals surface area (Å²) in [5.74, 6) is -0.794. The van der Waals surface area contributed by atoms with Gasteiger partial charge in [0.05, 0.1) is 7.11 Å². The molecule has 1 heterocycles. The molecule has 0 amide bonds. The zero-order valence-corrected chi connectivity index (χ0v) is 14.4. The van der Waals surface area contributed by atoms with Crippen LogP contribution in [0, 0.1) is 5.82 Å². The van der Waals surface area contributed by atoms with Gasteiger partial charge in [0.2, 0.25) is 5.89 Å². The number of benzene rings is 2. The number of aliphatic carboxylic acids is 1. The number of thioether (sulfide) groups is 1. The summed E-state index contributed by atoms with van der Waals surface area (Å²) in [6, 6.07) is 12.6. The second-order valence-electron chi connectivity index (χ2n) is 5.04. The lowest BCUT2D eigenvalue weighted by Gasteiger charge is -2.05. The number of carbonyl (C=O) groups is 1. The van der Waals surface area contributed by atoms with E-state index in [1.54, 1.807) is 24.3 Å². The third-order valence-electron chi connectivity index (χ3n) is 3.33. The normalized spacial score (nSPS) is 11.4. The molecular weight excluding hydrogens is 359 g/mol. The SMILES string of the molecule is COc1ccccc1/C=C(/Sc1nnc(-c2ccc(F)cc2)o1)C(=O)O. The van der Waals surface area contributed by atoms with Crippen LogP contribution in [-0.2, 0) is 4.79 Å². The van der Waals surface area contributed by atoms with Crippen LogP contribution in [0.25, 0.3) is 17.5 Å². The Labute approximate surface area is 152 Å². The molecule has 0 radical (unpaired) electrons. The molecule has 26 heavy (non-hydrogen) atoms. The van der Waals surface area contributed by atoms with E-state index < -0.39 is 5.97 Å². The highest BCUT2D eigenvalue weighted by molar-refractivity contribution is 8.03. The molecule has 0 unspecified atom stereocenters. The Bertz CT molecular complexity index is 954. The Morgan fingerprint density at radius 1 is 1.19 bits per heavy atom. The molecule has 0 atom stereocenters. The summed E-state index contributed by atoms with van der Waals surface area (Å²) in [6.45, 7) is 0. The molecule has 0 bridgehead atoms. The van der Waals surface area contributed by atoms with Crippen molar-refractivity contribution in [2.75, 3.05) is 7.11 Å². The molecule has 0 fully saturated rings. The fraction of sp³-hybridized carbons (Fsp3) is 0.0556. The van der Waals surface area contributed by atoms with Crippen LogP contribution in [0.1, 0.15) is 5.56 Å². The van der Waals surface area contributed by atoms with Gasteiger partial charge in [0, 0.05) is 11.1 Å². The summed E-state index contributed by atoms with van der Waals surface area (Å²) >= 11 is 0.821. The first-order valence-corrected chi connectivity index (χ1v) is 8.24. The van der Waals surface area contributed by atoms with Crippen molar-refractivity contribution in [3.8, 4) is 17.2 Å². The fourth-order valence-corrected chi connectivity index (χ4v) is 2.78. The molecule has 6 nitrogen and oxygen atoms in total. The Morgan fingerprint density at radius 2 is 1.92 bits per heavy atom. The van der Waals surface area contributed by atoms with Crippen LogP contribution in [0.4, 0.5) is 4.39 Å². The zero-order valence-electron chi connectivity index (χ0n) is 13.5. The van der Waals surface area contributed by atoms with Gasteiger partial charge in [0.15, 0.2) is 0 Å². The maximum atomic E-state index is 13.0. The van der Waals surface area contributed by atoms with Crippen molar-refractivity contribution < 1.29 is 23.4 Å². The van der Waals surface area contributed by atoms with E-state index in [9.17, 15) is 14.3 Å². The predicted molar refractivity (Wildman–Crippen MR) is 94.2 cm³/mol. The Morgan fingerprint density at radius 3 is 2.62 bits per heavy atom. The molecule has 0 spiro atoms. The van der Waals surface area contributed by atoms with E-state index in [1.807, 2.05) is 0 Å². The van der Waals surface area contributed by atoms with Crippen molar-refractivity contribution >= 4 is 23.8 Å². The molecule has 0 aliphatic rings. The minimum Gasteiger partial charge on any atom is -0.496 e. The number of para-hydroxylation sites is 1. The van der Waals surface area contributed by atoms with Crippen molar-refractivity contribution in [2.24, 2.45) is 0 Å². The van der Waals surface area contributed by atoms with Gasteiger partial charge in [-0.05, 0) is 48.2 Å². The third-order valence-corrected chi connectivity index (χ3v) is 4.18. The molecule has 0 aliphatic heterocycles. The van der Waals surface area contributed by atoms with Crippen molar-refractivity contribution in [1.82, 2.24) is 10.2 Å². The number of ether oxygens (including phenoxy) is 1. The van der Waals surface area contributed by atoms with Gasteiger partial charge in [0.25, 0.3) is 5.22 Å².